The molecular weight excluding hydrogens is 436 g/mol. The van der Waals surface area contributed by atoms with Crippen LogP contribution in [0.15, 0.2) is 82.6 Å². The Morgan fingerprint density at radius 2 is 1.50 bits per heavy atom. The van der Waals surface area contributed by atoms with E-state index in [0.717, 1.165) is 5.39 Å². The van der Waals surface area contributed by atoms with E-state index in [2.05, 4.69) is 26.6 Å². The van der Waals surface area contributed by atoms with Crippen molar-refractivity contribution in [2.75, 3.05) is 10.6 Å². The third-order valence-electron chi connectivity index (χ3n) is 4.25. The fourth-order valence-electron chi connectivity index (χ4n) is 2.87. The van der Waals surface area contributed by atoms with Gasteiger partial charge >= 0.3 is 0 Å². The Balaban J connectivity index is 1.57. The highest BCUT2D eigenvalue weighted by atomic mass is 79.9. The average Bonchev–Trinajstić information content (AvgIpc) is 3.16. The van der Waals surface area contributed by atoms with Gasteiger partial charge in [-0.2, -0.15) is 0 Å². The Bertz CT molecular complexity index is 1190. The van der Waals surface area contributed by atoms with E-state index in [0.29, 0.717) is 27.0 Å². The first-order chi connectivity index (χ1) is 13.6. The number of benzene rings is 3. The molecule has 6 heteroatoms. The van der Waals surface area contributed by atoms with Crippen LogP contribution in [0.2, 0.25) is 0 Å². The molecule has 0 bridgehead atoms. The summed E-state index contributed by atoms with van der Waals surface area (Å²) in [6, 6.07) is 21.9. The summed E-state index contributed by atoms with van der Waals surface area (Å²) in [6.07, 6.45) is 0. The summed E-state index contributed by atoms with van der Waals surface area (Å²) in [5.41, 5.74) is 2.06. The molecule has 4 rings (SSSR count). The van der Waals surface area contributed by atoms with Crippen LogP contribution in [0.5, 0.6) is 0 Å². The SMILES string of the molecule is O=C(Nc1ccccc1C(=O)Nc1ccc2sccc2c1)c1ccccc1Br. The number of fused-ring (bicyclic) bond motifs is 1. The lowest BCUT2D eigenvalue weighted by atomic mass is 10.1. The third-order valence-corrected chi connectivity index (χ3v) is 5.84. The fourth-order valence-corrected chi connectivity index (χ4v) is 4.10. The van der Waals surface area contributed by atoms with Gasteiger partial charge in [0.25, 0.3) is 11.8 Å². The predicted molar refractivity (Wildman–Crippen MR) is 118 cm³/mol. The fraction of sp³-hybridized carbons (Fsp3) is 0. The number of para-hydroxylation sites is 1. The molecule has 4 nitrogen and oxygen atoms in total. The van der Waals surface area contributed by atoms with E-state index < -0.39 is 0 Å². The standard InChI is InChI=1S/C22H15BrN2O2S/c23-18-7-3-1-5-16(18)21(26)25-19-8-4-2-6-17(19)22(27)24-15-9-10-20-14(13-15)11-12-28-20/h1-13H,(H,24,27)(H,25,26). The topological polar surface area (TPSA) is 58.2 Å². The molecule has 0 atom stereocenters. The van der Waals surface area contributed by atoms with Crippen molar-refractivity contribution in [2.45, 2.75) is 0 Å². The lowest BCUT2D eigenvalue weighted by Crippen LogP contribution is -2.18. The summed E-state index contributed by atoms with van der Waals surface area (Å²) in [7, 11) is 0. The Labute approximate surface area is 174 Å². The summed E-state index contributed by atoms with van der Waals surface area (Å²) >= 11 is 5.03. The number of carbonyl (C=O) groups is 2. The number of anilines is 2. The van der Waals surface area contributed by atoms with Crippen molar-refractivity contribution in [2.24, 2.45) is 0 Å². The molecule has 0 unspecified atom stereocenters. The molecule has 0 radical (unpaired) electrons. The quantitative estimate of drug-likeness (QED) is 0.390. The zero-order valence-corrected chi connectivity index (χ0v) is 17.0. The van der Waals surface area contributed by atoms with E-state index in [1.54, 1.807) is 53.8 Å². The van der Waals surface area contributed by atoms with Gasteiger partial charge in [0.05, 0.1) is 16.8 Å². The smallest absolute Gasteiger partial charge is 0.257 e. The van der Waals surface area contributed by atoms with Gasteiger partial charge in [0, 0.05) is 14.9 Å². The lowest BCUT2D eigenvalue weighted by molar-refractivity contribution is 0.102. The first-order valence-corrected chi connectivity index (χ1v) is 10.2. The summed E-state index contributed by atoms with van der Waals surface area (Å²) in [4.78, 5) is 25.4. The summed E-state index contributed by atoms with van der Waals surface area (Å²) < 4.78 is 1.86. The zero-order valence-electron chi connectivity index (χ0n) is 14.6. The van der Waals surface area contributed by atoms with Gasteiger partial charge in [-0.15, -0.1) is 11.3 Å². The molecule has 3 aromatic carbocycles. The first kappa shape index (κ1) is 18.4. The van der Waals surface area contributed by atoms with Crippen LogP contribution < -0.4 is 10.6 Å². The van der Waals surface area contributed by atoms with E-state index in [1.807, 2.05) is 35.7 Å². The van der Waals surface area contributed by atoms with Crippen molar-refractivity contribution in [1.82, 2.24) is 0 Å². The van der Waals surface area contributed by atoms with Crippen LogP contribution in [0.4, 0.5) is 11.4 Å². The molecule has 1 heterocycles. The van der Waals surface area contributed by atoms with E-state index in [1.165, 1.54) is 4.70 Å². The third kappa shape index (κ3) is 3.83. The van der Waals surface area contributed by atoms with Crippen LogP contribution >= 0.6 is 27.3 Å². The number of hydrogen-bond donors (Lipinski definition) is 2. The van der Waals surface area contributed by atoms with Crippen LogP contribution in [0.1, 0.15) is 20.7 Å². The predicted octanol–water partition coefficient (Wildman–Crippen LogP) is 6.17. The normalized spacial score (nSPS) is 10.6. The molecule has 4 aromatic rings. The van der Waals surface area contributed by atoms with Gasteiger partial charge in [-0.05, 0) is 75.2 Å². The summed E-state index contributed by atoms with van der Waals surface area (Å²) in [5, 5.41) is 8.84. The molecule has 0 aliphatic carbocycles. The van der Waals surface area contributed by atoms with Gasteiger partial charge in [0.2, 0.25) is 0 Å². The minimum Gasteiger partial charge on any atom is -0.322 e. The largest absolute Gasteiger partial charge is 0.322 e. The van der Waals surface area contributed by atoms with Crippen molar-refractivity contribution in [3.63, 3.8) is 0 Å². The van der Waals surface area contributed by atoms with Crippen LogP contribution in [-0.2, 0) is 0 Å². The maximum Gasteiger partial charge on any atom is 0.257 e. The van der Waals surface area contributed by atoms with Crippen LogP contribution in [0.3, 0.4) is 0 Å². The summed E-state index contributed by atoms with van der Waals surface area (Å²) in [6.45, 7) is 0. The Kier molecular flexibility index (Phi) is 5.23. The van der Waals surface area contributed by atoms with Gasteiger partial charge in [-0.25, -0.2) is 0 Å². The molecule has 2 N–H and O–H groups in total. The number of hydrogen-bond acceptors (Lipinski definition) is 3. The minimum atomic E-state index is -0.285. The second-order valence-corrected chi connectivity index (χ2v) is 7.91. The van der Waals surface area contributed by atoms with Crippen molar-refractivity contribution >= 4 is 60.5 Å². The first-order valence-electron chi connectivity index (χ1n) is 8.55. The molecule has 0 fully saturated rings. The van der Waals surface area contributed by atoms with Gasteiger partial charge < -0.3 is 10.6 Å². The van der Waals surface area contributed by atoms with Crippen molar-refractivity contribution in [3.05, 3.63) is 93.8 Å². The van der Waals surface area contributed by atoms with Gasteiger partial charge in [-0.3, -0.25) is 9.59 Å². The van der Waals surface area contributed by atoms with Gasteiger partial charge in [-0.1, -0.05) is 24.3 Å². The molecule has 0 spiro atoms. The molecule has 2 amide bonds. The van der Waals surface area contributed by atoms with Crippen molar-refractivity contribution in [3.8, 4) is 0 Å². The monoisotopic (exact) mass is 450 g/mol. The van der Waals surface area contributed by atoms with E-state index in [9.17, 15) is 9.59 Å². The number of carbonyl (C=O) groups excluding carboxylic acids is 2. The van der Waals surface area contributed by atoms with Crippen LogP contribution in [-0.4, -0.2) is 11.8 Å². The highest BCUT2D eigenvalue weighted by Crippen LogP contribution is 2.25. The second-order valence-electron chi connectivity index (χ2n) is 6.11. The lowest BCUT2D eigenvalue weighted by Gasteiger charge is -2.12. The number of halogens is 1. The molecule has 0 aliphatic heterocycles. The van der Waals surface area contributed by atoms with E-state index in [-0.39, 0.29) is 11.8 Å². The molecule has 0 saturated heterocycles. The molecule has 28 heavy (non-hydrogen) atoms. The Hall–Kier alpha value is -2.96. The number of thiophene rings is 1. The minimum absolute atomic E-state index is 0.280. The van der Waals surface area contributed by atoms with Crippen molar-refractivity contribution < 1.29 is 9.59 Å². The van der Waals surface area contributed by atoms with Crippen LogP contribution in [0.25, 0.3) is 10.1 Å². The van der Waals surface area contributed by atoms with Gasteiger partial charge in [0.1, 0.15) is 0 Å². The second kappa shape index (κ2) is 7.96. The van der Waals surface area contributed by atoms with Gasteiger partial charge in [0.15, 0.2) is 0 Å². The molecular formula is C22H15BrN2O2S. The molecule has 1 aromatic heterocycles. The van der Waals surface area contributed by atoms with E-state index in [4.69, 9.17) is 0 Å². The average molecular weight is 451 g/mol. The Morgan fingerprint density at radius 3 is 2.32 bits per heavy atom. The number of amides is 2. The number of nitrogens with one attached hydrogen (secondary N) is 2. The highest BCUT2D eigenvalue weighted by Gasteiger charge is 2.15. The maximum absolute atomic E-state index is 12.8. The molecule has 138 valence electrons. The summed E-state index contributed by atoms with van der Waals surface area (Å²) in [5.74, 6) is -0.565. The zero-order chi connectivity index (χ0) is 19.5. The molecule has 0 saturated carbocycles. The number of rotatable bonds is 4. The Morgan fingerprint density at radius 1 is 0.786 bits per heavy atom. The van der Waals surface area contributed by atoms with Crippen molar-refractivity contribution in [1.29, 1.82) is 0 Å². The molecule has 0 aliphatic rings. The highest BCUT2D eigenvalue weighted by molar-refractivity contribution is 9.10. The maximum atomic E-state index is 12.8. The van der Waals surface area contributed by atoms with E-state index >= 15 is 0 Å². The van der Waals surface area contributed by atoms with Crippen LogP contribution in [0, 0.1) is 0 Å².